The van der Waals surface area contributed by atoms with E-state index < -0.39 is 0 Å². The Morgan fingerprint density at radius 3 is 2.55 bits per heavy atom. The third-order valence-electron chi connectivity index (χ3n) is 3.25. The molecule has 1 atom stereocenters. The average molecular weight is 271 g/mol. The molecule has 0 aliphatic rings. The van der Waals surface area contributed by atoms with Crippen molar-refractivity contribution in [2.45, 2.75) is 25.3 Å². The topological polar surface area (TPSA) is 43.1 Å². The van der Waals surface area contributed by atoms with Crippen LogP contribution in [0.4, 0.5) is 4.39 Å². The normalized spacial score (nSPS) is 12.1. The first kappa shape index (κ1) is 14.4. The third-order valence-corrected chi connectivity index (χ3v) is 3.25. The zero-order valence-electron chi connectivity index (χ0n) is 11.3. The van der Waals surface area contributed by atoms with Gasteiger partial charge < -0.3 is 5.73 Å². The van der Waals surface area contributed by atoms with E-state index in [1.165, 1.54) is 12.1 Å². The number of carbonyl (C=O) groups is 1. The number of rotatable bonds is 6. The van der Waals surface area contributed by atoms with E-state index in [2.05, 4.69) is 0 Å². The molecule has 0 aliphatic carbocycles. The fraction of sp³-hybridized carbons (Fsp3) is 0.235. The van der Waals surface area contributed by atoms with Crippen LogP contribution < -0.4 is 5.73 Å². The van der Waals surface area contributed by atoms with Gasteiger partial charge in [-0.3, -0.25) is 4.79 Å². The highest BCUT2D eigenvalue weighted by atomic mass is 19.1. The summed E-state index contributed by atoms with van der Waals surface area (Å²) in [4.78, 5) is 11.9. The number of ketones is 1. The van der Waals surface area contributed by atoms with Crippen LogP contribution in [0.25, 0.3) is 0 Å². The minimum Gasteiger partial charge on any atom is -0.324 e. The molecule has 0 bridgehead atoms. The predicted molar refractivity (Wildman–Crippen MR) is 77.7 cm³/mol. The van der Waals surface area contributed by atoms with Gasteiger partial charge in [-0.15, -0.1) is 0 Å². The number of carbonyl (C=O) groups excluding carboxylic acids is 1. The number of hydrogen-bond acceptors (Lipinski definition) is 2. The first-order valence-electron chi connectivity index (χ1n) is 6.72. The summed E-state index contributed by atoms with van der Waals surface area (Å²) < 4.78 is 13.0. The Hall–Kier alpha value is -2.00. The molecule has 0 spiro atoms. The van der Waals surface area contributed by atoms with Gasteiger partial charge in [-0.05, 0) is 29.7 Å². The number of halogens is 1. The highest BCUT2D eigenvalue weighted by Gasteiger charge is 2.10. The molecule has 20 heavy (non-hydrogen) atoms. The number of benzene rings is 2. The zero-order valence-corrected chi connectivity index (χ0v) is 11.3. The minimum absolute atomic E-state index is 0.0852. The van der Waals surface area contributed by atoms with E-state index in [-0.39, 0.29) is 24.1 Å². The largest absolute Gasteiger partial charge is 0.324 e. The van der Waals surface area contributed by atoms with Crippen molar-refractivity contribution < 1.29 is 9.18 Å². The molecular weight excluding hydrogens is 253 g/mol. The molecule has 0 fully saturated rings. The van der Waals surface area contributed by atoms with Crippen molar-refractivity contribution in [3.8, 4) is 0 Å². The lowest BCUT2D eigenvalue weighted by Crippen LogP contribution is -2.13. The third kappa shape index (κ3) is 4.28. The van der Waals surface area contributed by atoms with Crippen LogP contribution in [0.5, 0.6) is 0 Å². The monoisotopic (exact) mass is 271 g/mol. The minimum atomic E-state index is -0.309. The summed E-state index contributed by atoms with van der Waals surface area (Å²) in [6.45, 7) is 0. The fourth-order valence-corrected chi connectivity index (χ4v) is 2.15. The Bertz CT molecular complexity index is 568. The van der Waals surface area contributed by atoms with Gasteiger partial charge in [0.1, 0.15) is 11.6 Å². The molecule has 2 nitrogen and oxygen atoms in total. The van der Waals surface area contributed by atoms with E-state index in [1.54, 1.807) is 12.1 Å². The first-order valence-corrected chi connectivity index (χ1v) is 6.72. The van der Waals surface area contributed by atoms with Crippen LogP contribution in [0.15, 0.2) is 54.6 Å². The van der Waals surface area contributed by atoms with Gasteiger partial charge in [-0.25, -0.2) is 4.39 Å². The van der Waals surface area contributed by atoms with Gasteiger partial charge in [0, 0.05) is 18.9 Å². The van der Waals surface area contributed by atoms with Crippen LogP contribution in [0.1, 0.15) is 30.0 Å². The van der Waals surface area contributed by atoms with Crippen LogP contribution >= 0.6 is 0 Å². The summed E-state index contributed by atoms with van der Waals surface area (Å²) in [5.41, 5.74) is 7.79. The maximum absolute atomic E-state index is 13.0. The molecule has 1 unspecified atom stereocenters. The molecule has 2 N–H and O–H groups in total. The number of nitrogens with two attached hydrogens (primary N) is 1. The molecule has 2 aromatic carbocycles. The summed E-state index contributed by atoms with van der Waals surface area (Å²) >= 11 is 0. The van der Waals surface area contributed by atoms with Crippen molar-refractivity contribution in [3.63, 3.8) is 0 Å². The van der Waals surface area contributed by atoms with Crippen LogP contribution in [-0.4, -0.2) is 5.78 Å². The molecule has 0 radical (unpaired) electrons. The van der Waals surface area contributed by atoms with Crippen molar-refractivity contribution in [1.82, 2.24) is 0 Å². The van der Waals surface area contributed by atoms with Gasteiger partial charge in [0.25, 0.3) is 0 Å². The maximum atomic E-state index is 13.0. The van der Waals surface area contributed by atoms with E-state index >= 15 is 0 Å². The second-order valence-corrected chi connectivity index (χ2v) is 4.90. The molecule has 0 amide bonds. The predicted octanol–water partition coefficient (Wildman–Crippen LogP) is 3.42. The van der Waals surface area contributed by atoms with Crippen molar-refractivity contribution in [2.75, 3.05) is 0 Å². The van der Waals surface area contributed by atoms with Crippen LogP contribution in [0.3, 0.4) is 0 Å². The van der Waals surface area contributed by atoms with E-state index in [0.717, 1.165) is 5.56 Å². The van der Waals surface area contributed by atoms with Crippen molar-refractivity contribution >= 4 is 5.78 Å². The van der Waals surface area contributed by atoms with Gasteiger partial charge in [-0.2, -0.15) is 0 Å². The highest BCUT2D eigenvalue weighted by Crippen LogP contribution is 2.16. The van der Waals surface area contributed by atoms with E-state index in [4.69, 9.17) is 5.73 Å². The standard InChI is InChI=1S/C17H18FNO/c18-15-8-4-5-13(11-15)12-16(20)9-10-17(19)14-6-2-1-3-7-14/h1-8,11,17H,9-10,12,19H2. The Balaban J connectivity index is 1.83. The van der Waals surface area contributed by atoms with Gasteiger partial charge in [0.2, 0.25) is 0 Å². The van der Waals surface area contributed by atoms with Gasteiger partial charge in [-0.1, -0.05) is 42.5 Å². The molecule has 104 valence electrons. The Morgan fingerprint density at radius 2 is 1.85 bits per heavy atom. The summed E-state index contributed by atoms with van der Waals surface area (Å²) in [7, 11) is 0. The number of Topliss-reactive ketones (excluding diaryl/α,β-unsaturated/α-hetero) is 1. The van der Waals surface area contributed by atoms with Crippen LogP contribution in [0.2, 0.25) is 0 Å². The zero-order chi connectivity index (χ0) is 14.4. The molecule has 0 aromatic heterocycles. The van der Waals surface area contributed by atoms with Gasteiger partial charge in [0.05, 0.1) is 0 Å². The SMILES string of the molecule is NC(CCC(=O)Cc1cccc(F)c1)c1ccccc1. The molecule has 2 rings (SSSR count). The van der Waals surface area contributed by atoms with Crippen LogP contribution in [0, 0.1) is 5.82 Å². The summed E-state index contributed by atoms with van der Waals surface area (Å²) in [5.74, 6) is -0.224. The fourth-order valence-electron chi connectivity index (χ4n) is 2.15. The lowest BCUT2D eigenvalue weighted by molar-refractivity contribution is -0.118. The lowest BCUT2D eigenvalue weighted by Gasteiger charge is -2.11. The van der Waals surface area contributed by atoms with Crippen molar-refractivity contribution in [1.29, 1.82) is 0 Å². The average Bonchev–Trinajstić information content (AvgIpc) is 2.46. The molecule has 3 heteroatoms. The Kier molecular flexibility index (Phi) is 5.02. The van der Waals surface area contributed by atoms with E-state index in [9.17, 15) is 9.18 Å². The summed E-state index contributed by atoms with van der Waals surface area (Å²) in [6, 6.07) is 15.7. The van der Waals surface area contributed by atoms with Crippen molar-refractivity contribution in [3.05, 3.63) is 71.5 Å². The Labute approximate surface area is 118 Å². The summed E-state index contributed by atoms with van der Waals surface area (Å²) in [6.07, 6.45) is 1.28. The molecule has 0 aliphatic heterocycles. The van der Waals surface area contributed by atoms with Crippen LogP contribution in [-0.2, 0) is 11.2 Å². The molecule has 0 heterocycles. The number of hydrogen-bond donors (Lipinski definition) is 1. The smallest absolute Gasteiger partial charge is 0.137 e. The molecule has 2 aromatic rings. The van der Waals surface area contributed by atoms with E-state index in [1.807, 2.05) is 30.3 Å². The molecule has 0 saturated heterocycles. The first-order chi connectivity index (χ1) is 9.65. The van der Waals surface area contributed by atoms with Gasteiger partial charge in [0.15, 0.2) is 0 Å². The Morgan fingerprint density at radius 1 is 1.10 bits per heavy atom. The van der Waals surface area contributed by atoms with E-state index in [0.29, 0.717) is 18.4 Å². The highest BCUT2D eigenvalue weighted by molar-refractivity contribution is 5.80. The second kappa shape index (κ2) is 6.96. The van der Waals surface area contributed by atoms with Crippen molar-refractivity contribution in [2.24, 2.45) is 5.73 Å². The van der Waals surface area contributed by atoms with Gasteiger partial charge >= 0.3 is 0 Å². The lowest BCUT2D eigenvalue weighted by atomic mass is 9.99. The quantitative estimate of drug-likeness (QED) is 0.874. The molecule has 0 saturated carbocycles. The summed E-state index contributed by atoms with van der Waals surface area (Å²) in [5, 5.41) is 0. The second-order valence-electron chi connectivity index (χ2n) is 4.90. The molecular formula is C17H18FNO. The maximum Gasteiger partial charge on any atom is 0.137 e.